The summed E-state index contributed by atoms with van der Waals surface area (Å²) in [6.45, 7) is 2.49. The summed E-state index contributed by atoms with van der Waals surface area (Å²) in [7, 11) is 1.67. The zero-order valence-corrected chi connectivity index (χ0v) is 9.08. The van der Waals surface area contributed by atoms with Crippen molar-refractivity contribution in [2.45, 2.75) is 13.3 Å². The van der Waals surface area contributed by atoms with Gasteiger partial charge in [0.25, 0.3) is 5.91 Å². The van der Waals surface area contributed by atoms with Crippen LogP contribution in [0.5, 0.6) is 0 Å². The monoisotopic (exact) mass is 203 g/mol. The van der Waals surface area contributed by atoms with Gasteiger partial charge in [-0.1, -0.05) is 18.2 Å². The van der Waals surface area contributed by atoms with Crippen LogP contribution in [-0.4, -0.2) is 29.8 Å². The van der Waals surface area contributed by atoms with Gasteiger partial charge < -0.3 is 5.32 Å². The highest BCUT2D eigenvalue weighted by molar-refractivity contribution is 5.87. The molecule has 0 unspecified atom stereocenters. The Morgan fingerprint density at radius 1 is 1.47 bits per heavy atom. The minimum absolute atomic E-state index is 0.0473. The van der Waals surface area contributed by atoms with Crippen molar-refractivity contribution in [1.82, 2.24) is 5.32 Å². The highest BCUT2D eigenvalue weighted by atomic mass is 16.1. The van der Waals surface area contributed by atoms with E-state index in [1.807, 2.05) is 12.1 Å². The second kappa shape index (κ2) is 3.85. The molecule has 1 N–H and O–H groups in total. The lowest BCUT2D eigenvalue weighted by atomic mass is 10.1. The fraction of sp³-hybridized carbons (Fsp3) is 0.333. The predicted molar refractivity (Wildman–Crippen MR) is 59.7 cm³/mol. The summed E-state index contributed by atoms with van der Waals surface area (Å²) in [5.41, 5.74) is 3.71. The predicted octanol–water partition coefficient (Wildman–Crippen LogP) is 1.09. The molecule has 3 heteroatoms. The maximum Gasteiger partial charge on any atom is 0.285 e. The summed E-state index contributed by atoms with van der Waals surface area (Å²) in [5.74, 6) is 0.0473. The van der Waals surface area contributed by atoms with Crippen molar-refractivity contribution in [3.8, 4) is 0 Å². The second-order valence-corrected chi connectivity index (χ2v) is 3.80. The van der Waals surface area contributed by atoms with E-state index in [4.69, 9.17) is 0 Å². The number of nitrogens with zero attached hydrogens (tertiary/aromatic N) is 1. The lowest BCUT2D eigenvalue weighted by Crippen LogP contribution is -2.28. The van der Waals surface area contributed by atoms with Gasteiger partial charge in [0.05, 0.1) is 6.42 Å². The zero-order valence-electron chi connectivity index (χ0n) is 9.08. The van der Waals surface area contributed by atoms with Crippen LogP contribution in [0.1, 0.15) is 12.5 Å². The number of amides is 1. The Balaban J connectivity index is 2.32. The fourth-order valence-corrected chi connectivity index (χ4v) is 1.94. The van der Waals surface area contributed by atoms with E-state index in [0.29, 0.717) is 6.54 Å². The standard InChI is InChI=1S/C12H14N2O/c1-9-7-10-5-3-4-6-11(10)14(9)8-12(15)13-2/h3-6H,7-8H2,1-2H3/p+1. The van der Waals surface area contributed by atoms with Gasteiger partial charge in [0.15, 0.2) is 5.71 Å². The number of hydrogen-bond acceptors (Lipinski definition) is 1. The van der Waals surface area contributed by atoms with Crippen molar-refractivity contribution >= 4 is 17.3 Å². The smallest absolute Gasteiger partial charge is 0.285 e. The molecule has 0 aromatic heterocycles. The number of carbonyl (C=O) groups excluding carboxylic acids is 1. The Morgan fingerprint density at radius 2 is 2.20 bits per heavy atom. The first kappa shape index (κ1) is 9.90. The lowest BCUT2D eigenvalue weighted by Gasteiger charge is -2.00. The number of likely N-dealkylation sites (N-methyl/N-ethyl adjacent to an activating group) is 1. The summed E-state index contributed by atoms with van der Waals surface area (Å²) in [4.78, 5) is 11.4. The van der Waals surface area contributed by atoms with E-state index in [2.05, 4.69) is 28.9 Å². The Kier molecular flexibility index (Phi) is 2.54. The molecule has 0 fully saturated rings. The number of para-hydroxylation sites is 1. The maximum atomic E-state index is 11.4. The molecule has 0 atom stereocenters. The topological polar surface area (TPSA) is 32.1 Å². The molecule has 1 amide bonds. The first-order valence-corrected chi connectivity index (χ1v) is 5.11. The summed E-state index contributed by atoms with van der Waals surface area (Å²) in [5, 5.41) is 2.65. The van der Waals surface area contributed by atoms with E-state index in [9.17, 15) is 4.79 Å². The maximum absolute atomic E-state index is 11.4. The molecule has 2 rings (SSSR count). The van der Waals surface area contributed by atoms with Gasteiger partial charge in [0.1, 0.15) is 0 Å². The SMILES string of the molecule is CNC(=O)C[N+]1=C(C)Cc2ccccc21. The Hall–Kier alpha value is -1.64. The molecule has 1 aromatic carbocycles. The lowest BCUT2D eigenvalue weighted by molar-refractivity contribution is -0.425. The summed E-state index contributed by atoms with van der Waals surface area (Å²) < 4.78 is 2.08. The fourth-order valence-electron chi connectivity index (χ4n) is 1.94. The molecule has 3 nitrogen and oxygen atoms in total. The van der Waals surface area contributed by atoms with E-state index in [0.717, 1.165) is 6.42 Å². The van der Waals surface area contributed by atoms with E-state index in [-0.39, 0.29) is 5.91 Å². The Labute approximate surface area is 89.4 Å². The molecule has 0 spiro atoms. The molecule has 1 heterocycles. The molecular formula is C12H15N2O+. The van der Waals surface area contributed by atoms with Gasteiger partial charge in [-0.2, -0.15) is 4.58 Å². The zero-order chi connectivity index (χ0) is 10.8. The van der Waals surface area contributed by atoms with Gasteiger partial charge >= 0.3 is 0 Å². The van der Waals surface area contributed by atoms with Crippen LogP contribution in [0.2, 0.25) is 0 Å². The molecule has 78 valence electrons. The van der Waals surface area contributed by atoms with Gasteiger partial charge in [-0.3, -0.25) is 4.79 Å². The second-order valence-electron chi connectivity index (χ2n) is 3.80. The van der Waals surface area contributed by atoms with E-state index in [1.165, 1.54) is 17.0 Å². The van der Waals surface area contributed by atoms with Crippen LogP contribution in [0, 0.1) is 0 Å². The third kappa shape index (κ3) is 1.77. The van der Waals surface area contributed by atoms with Crippen LogP contribution in [0.15, 0.2) is 24.3 Å². The molecule has 1 aromatic rings. The minimum Gasteiger partial charge on any atom is -0.354 e. The first-order valence-electron chi connectivity index (χ1n) is 5.11. The van der Waals surface area contributed by atoms with Crippen LogP contribution < -0.4 is 5.32 Å². The molecule has 0 saturated carbocycles. The average molecular weight is 203 g/mol. The first-order chi connectivity index (χ1) is 7.22. The molecule has 15 heavy (non-hydrogen) atoms. The largest absolute Gasteiger partial charge is 0.354 e. The molecule has 0 radical (unpaired) electrons. The Morgan fingerprint density at radius 3 is 2.93 bits per heavy atom. The summed E-state index contributed by atoms with van der Waals surface area (Å²) in [6.07, 6.45) is 0.952. The van der Waals surface area contributed by atoms with Gasteiger partial charge in [0.2, 0.25) is 12.2 Å². The van der Waals surface area contributed by atoms with Crippen LogP contribution in [0.4, 0.5) is 5.69 Å². The Bertz CT molecular complexity index is 435. The van der Waals surface area contributed by atoms with Crippen molar-refractivity contribution in [3.63, 3.8) is 0 Å². The van der Waals surface area contributed by atoms with Crippen LogP contribution >= 0.6 is 0 Å². The van der Waals surface area contributed by atoms with E-state index < -0.39 is 0 Å². The van der Waals surface area contributed by atoms with Crippen LogP contribution in [-0.2, 0) is 11.2 Å². The third-order valence-electron chi connectivity index (χ3n) is 2.77. The van der Waals surface area contributed by atoms with Gasteiger partial charge in [-0.15, -0.1) is 0 Å². The number of carbonyl (C=O) groups is 1. The van der Waals surface area contributed by atoms with Crippen LogP contribution in [0.3, 0.4) is 0 Å². The van der Waals surface area contributed by atoms with Crippen LogP contribution in [0.25, 0.3) is 0 Å². The van der Waals surface area contributed by atoms with Crippen molar-refractivity contribution in [2.75, 3.05) is 13.6 Å². The molecular weight excluding hydrogens is 188 g/mol. The number of fused-ring (bicyclic) bond motifs is 1. The number of rotatable bonds is 2. The van der Waals surface area contributed by atoms with Crippen molar-refractivity contribution in [3.05, 3.63) is 29.8 Å². The van der Waals surface area contributed by atoms with Gasteiger partial charge in [-0.05, 0) is 0 Å². The van der Waals surface area contributed by atoms with Crippen molar-refractivity contribution in [2.24, 2.45) is 0 Å². The molecule has 1 aliphatic rings. The molecule has 1 aliphatic heterocycles. The normalized spacial score (nSPS) is 14.0. The summed E-state index contributed by atoms with van der Waals surface area (Å²) >= 11 is 0. The van der Waals surface area contributed by atoms with E-state index >= 15 is 0 Å². The van der Waals surface area contributed by atoms with Crippen molar-refractivity contribution in [1.29, 1.82) is 0 Å². The highest BCUT2D eigenvalue weighted by Gasteiger charge is 2.27. The van der Waals surface area contributed by atoms with E-state index in [1.54, 1.807) is 7.05 Å². The van der Waals surface area contributed by atoms with Gasteiger partial charge in [-0.25, -0.2) is 0 Å². The highest BCUT2D eigenvalue weighted by Crippen LogP contribution is 2.25. The van der Waals surface area contributed by atoms with Crippen molar-refractivity contribution < 1.29 is 9.37 Å². The molecule has 0 bridgehead atoms. The number of hydrogen-bond donors (Lipinski definition) is 1. The number of benzene rings is 1. The minimum atomic E-state index is 0.0473. The third-order valence-corrected chi connectivity index (χ3v) is 2.77. The summed E-state index contributed by atoms with van der Waals surface area (Å²) in [6, 6.07) is 8.22. The average Bonchev–Trinajstić information content (AvgIpc) is 2.55. The quantitative estimate of drug-likeness (QED) is 0.717. The molecule has 0 saturated heterocycles. The van der Waals surface area contributed by atoms with Gasteiger partial charge in [0, 0.05) is 25.6 Å². The molecule has 0 aliphatic carbocycles. The number of nitrogens with one attached hydrogen (secondary N) is 1.